The maximum absolute atomic E-state index is 13.1. The highest BCUT2D eigenvalue weighted by Gasteiger charge is 2.28. The zero-order chi connectivity index (χ0) is 22.1. The summed E-state index contributed by atoms with van der Waals surface area (Å²) in [6.07, 6.45) is 0. The van der Waals surface area contributed by atoms with Gasteiger partial charge in [-0.1, -0.05) is 18.2 Å². The molecule has 0 saturated heterocycles. The van der Waals surface area contributed by atoms with Crippen molar-refractivity contribution in [1.82, 2.24) is 0 Å². The number of rotatable bonds is 6. The van der Waals surface area contributed by atoms with E-state index in [1.807, 2.05) is 0 Å². The van der Waals surface area contributed by atoms with Crippen LogP contribution < -0.4 is 9.46 Å². The Morgan fingerprint density at radius 3 is 2.03 bits per heavy atom. The number of anilines is 1. The molecule has 9 heteroatoms. The number of sulfonamides is 1. The van der Waals surface area contributed by atoms with Crippen molar-refractivity contribution in [1.29, 1.82) is 0 Å². The molecule has 2 N–H and O–H groups in total. The summed E-state index contributed by atoms with van der Waals surface area (Å²) in [7, 11) is -6.60. The highest BCUT2D eigenvalue weighted by molar-refractivity contribution is 7.93. The molecule has 0 fully saturated rings. The Labute approximate surface area is 175 Å². The van der Waals surface area contributed by atoms with E-state index in [0.717, 1.165) is 0 Å². The van der Waals surface area contributed by atoms with Gasteiger partial charge in [-0.2, -0.15) is 0 Å². The van der Waals surface area contributed by atoms with Crippen LogP contribution in [0.4, 0.5) is 5.69 Å². The number of benzene rings is 3. The Balaban J connectivity index is 2.11. The lowest BCUT2D eigenvalue weighted by molar-refractivity contribution is 0.414. The van der Waals surface area contributed by atoms with Crippen LogP contribution in [0.25, 0.3) is 0 Å². The molecule has 0 bridgehead atoms. The Kier molecular flexibility index (Phi) is 5.78. The lowest BCUT2D eigenvalue weighted by Gasteiger charge is -2.17. The Hall–Kier alpha value is -3.04. The molecule has 0 radical (unpaired) electrons. The normalized spacial score (nSPS) is 11.8. The third kappa shape index (κ3) is 3.99. The molecule has 0 heterocycles. The van der Waals surface area contributed by atoms with E-state index in [1.54, 1.807) is 18.2 Å². The summed E-state index contributed by atoms with van der Waals surface area (Å²) in [5.41, 5.74) is 0.386. The fourth-order valence-electron chi connectivity index (χ4n) is 2.98. The van der Waals surface area contributed by atoms with Crippen molar-refractivity contribution >= 4 is 25.5 Å². The molecular formula is C21H21NO6S2. The molecule has 0 spiro atoms. The van der Waals surface area contributed by atoms with Crippen molar-refractivity contribution in [2.75, 3.05) is 11.8 Å². The van der Waals surface area contributed by atoms with Gasteiger partial charge in [-0.3, -0.25) is 4.72 Å². The molecular weight excluding hydrogens is 426 g/mol. The van der Waals surface area contributed by atoms with Gasteiger partial charge in [0.2, 0.25) is 9.84 Å². The summed E-state index contributed by atoms with van der Waals surface area (Å²) in [5, 5.41) is 10.5. The van der Waals surface area contributed by atoms with Crippen molar-refractivity contribution in [2.45, 2.75) is 28.5 Å². The lowest BCUT2D eigenvalue weighted by Crippen LogP contribution is -2.15. The number of hydrogen-bond donors (Lipinski definition) is 2. The van der Waals surface area contributed by atoms with Crippen LogP contribution in [0.2, 0.25) is 0 Å². The zero-order valence-electron chi connectivity index (χ0n) is 16.6. The molecule has 30 heavy (non-hydrogen) atoms. The minimum Gasteiger partial charge on any atom is -0.506 e. The van der Waals surface area contributed by atoms with Crippen molar-refractivity contribution in [3.05, 3.63) is 71.8 Å². The number of ether oxygens (including phenoxy) is 1. The molecule has 0 aliphatic heterocycles. The van der Waals surface area contributed by atoms with Gasteiger partial charge in [0.1, 0.15) is 16.4 Å². The van der Waals surface area contributed by atoms with Gasteiger partial charge in [0, 0.05) is 0 Å². The highest BCUT2D eigenvalue weighted by atomic mass is 32.2. The van der Waals surface area contributed by atoms with Crippen LogP contribution in [0.3, 0.4) is 0 Å². The van der Waals surface area contributed by atoms with Gasteiger partial charge in [-0.15, -0.1) is 0 Å². The summed E-state index contributed by atoms with van der Waals surface area (Å²) < 4.78 is 59.4. The summed E-state index contributed by atoms with van der Waals surface area (Å²) in [5.74, 6) is 0.0885. The Morgan fingerprint density at radius 2 is 1.47 bits per heavy atom. The summed E-state index contributed by atoms with van der Waals surface area (Å²) in [6, 6.07) is 14.8. The maximum Gasteiger partial charge on any atom is 0.261 e. The van der Waals surface area contributed by atoms with E-state index in [-0.39, 0.29) is 31.5 Å². The molecule has 3 aromatic rings. The lowest BCUT2D eigenvalue weighted by atomic mass is 10.1. The number of nitrogens with one attached hydrogen (secondary N) is 1. The maximum atomic E-state index is 13.1. The van der Waals surface area contributed by atoms with Crippen molar-refractivity contribution in [2.24, 2.45) is 0 Å². The zero-order valence-corrected chi connectivity index (χ0v) is 18.2. The van der Waals surface area contributed by atoms with Crippen LogP contribution in [-0.4, -0.2) is 29.1 Å². The van der Waals surface area contributed by atoms with Gasteiger partial charge in [-0.25, -0.2) is 16.8 Å². The molecule has 3 rings (SSSR count). The monoisotopic (exact) mass is 447 g/mol. The molecule has 3 aromatic carbocycles. The number of aryl methyl sites for hydroxylation is 1. The number of methoxy groups -OCH3 is 1. The van der Waals surface area contributed by atoms with Gasteiger partial charge in [0.25, 0.3) is 10.0 Å². The van der Waals surface area contributed by atoms with Crippen LogP contribution in [0, 0.1) is 13.8 Å². The first-order chi connectivity index (χ1) is 14.1. The van der Waals surface area contributed by atoms with Crippen LogP contribution in [-0.2, 0) is 19.9 Å². The van der Waals surface area contributed by atoms with Gasteiger partial charge >= 0.3 is 0 Å². The van der Waals surface area contributed by atoms with Gasteiger partial charge in [0.15, 0.2) is 0 Å². The van der Waals surface area contributed by atoms with E-state index in [1.165, 1.54) is 63.4 Å². The first-order valence-electron chi connectivity index (χ1n) is 8.88. The average molecular weight is 448 g/mol. The summed E-state index contributed by atoms with van der Waals surface area (Å²) in [4.78, 5) is -0.347. The number of phenols is 1. The average Bonchev–Trinajstić information content (AvgIpc) is 2.72. The molecule has 0 aliphatic carbocycles. The number of hydrogen-bond acceptors (Lipinski definition) is 6. The molecule has 158 valence electrons. The van der Waals surface area contributed by atoms with Crippen molar-refractivity contribution in [3.63, 3.8) is 0 Å². The van der Waals surface area contributed by atoms with Gasteiger partial charge in [-0.05, 0) is 67.4 Å². The minimum absolute atomic E-state index is 0.00189. The quantitative estimate of drug-likeness (QED) is 0.558. The highest BCUT2D eigenvalue weighted by Crippen LogP contribution is 2.38. The number of phenolic OH excluding ortho intramolecular Hbond substituents is 1. The smallest absolute Gasteiger partial charge is 0.261 e. The van der Waals surface area contributed by atoms with E-state index in [0.29, 0.717) is 5.75 Å². The largest absolute Gasteiger partial charge is 0.506 e. The standard InChI is InChI=1S/C21H21NO6S2/c1-14-13-19(22-30(26,27)18-11-9-16(28-3)10-12-18)15(2)21(20(14)23)29(24,25)17-7-5-4-6-8-17/h4-13,22-23H,1-3H3. The minimum atomic E-state index is -4.08. The number of aromatic hydroxyl groups is 1. The molecule has 0 unspecified atom stereocenters. The van der Waals surface area contributed by atoms with Gasteiger partial charge in [0.05, 0.1) is 22.6 Å². The van der Waals surface area contributed by atoms with Crippen molar-refractivity contribution < 1.29 is 26.7 Å². The van der Waals surface area contributed by atoms with Crippen LogP contribution in [0.1, 0.15) is 11.1 Å². The van der Waals surface area contributed by atoms with Crippen LogP contribution in [0.5, 0.6) is 11.5 Å². The predicted octanol–water partition coefficient (Wildman–Crippen LogP) is 3.65. The van der Waals surface area contributed by atoms with E-state index in [4.69, 9.17) is 4.74 Å². The topological polar surface area (TPSA) is 110 Å². The fraction of sp³-hybridized carbons (Fsp3) is 0.143. The second-order valence-corrected chi connectivity index (χ2v) is 10.2. The first-order valence-corrected chi connectivity index (χ1v) is 11.8. The van der Waals surface area contributed by atoms with E-state index in [9.17, 15) is 21.9 Å². The van der Waals surface area contributed by atoms with Crippen LogP contribution >= 0.6 is 0 Å². The molecule has 0 atom stereocenters. The Bertz CT molecular complexity index is 1280. The third-order valence-electron chi connectivity index (χ3n) is 4.63. The van der Waals surface area contributed by atoms with Gasteiger partial charge < -0.3 is 9.84 Å². The second-order valence-electron chi connectivity index (χ2n) is 6.64. The fourth-order valence-corrected chi connectivity index (χ4v) is 5.78. The molecule has 0 aliphatic rings. The van der Waals surface area contributed by atoms with E-state index >= 15 is 0 Å². The SMILES string of the molecule is COc1ccc(S(=O)(=O)Nc2cc(C)c(O)c(S(=O)(=O)c3ccccc3)c2C)cc1. The first kappa shape index (κ1) is 21.7. The third-order valence-corrected chi connectivity index (χ3v) is 7.94. The molecule has 0 amide bonds. The Morgan fingerprint density at radius 1 is 0.867 bits per heavy atom. The van der Waals surface area contributed by atoms with Crippen molar-refractivity contribution in [3.8, 4) is 11.5 Å². The summed E-state index contributed by atoms with van der Waals surface area (Å²) in [6.45, 7) is 2.95. The van der Waals surface area contributed by atoms with Crippen LogP contribution in [0.15, 0.2) is 75.4 Å². The molecule has 7 nitrogen and oxygen atoms in total. The second kappa shape index (κ2) is 8.00. The molecule has 0 saturated carbocycles. The van der Waals surface area contributed by atoms with E-state index in [2.05, 4.69) is 4.72 Å². The van der Waals surface area contributed by atoms with E-state index < -0.39 is 25.6 Å². The number of sulfone groups is 1. The molecule has 0 aromatic heterocycles. The predicted molar refractivity (Wildman–Crippen MR) is 113 cm³/mol. The summed E-state index contributed by atoms with van der Waals surface area (Å²) >= 11 is 0.